The monoisotopic (exact) mass is 368 g/mol. The van der Waals surface area contributed by atoms with Crippen molar-refractivity contribution in [3.8, 4) is 11.5 Å². The lowest BCUT2D eigenvalue weighted by molar-refractivity contribution is 0.424. The molecule has 1 aromatic carbocycles. The first kappa shape index (κ1) is 17.9. The summed E-state index contributed by atoms with van der Waals surface area (Å²) in [5.41, 5.74) is 3.13. The fourth-order valence-corrected chi connectivity index (χ4v) is 4.00. The number of hydrogen-bond donors (Lipinski definition) is 0. The van der Waals surface area contributed by atoms with Crippen molar-refractivity contribution in [3.63, 3.8) is 0 Å². The average molecular weight is 368 g/mol. The Hall–Kier alpha value is -2.50. The van der Waals surface area contributed by atoms with Crippen LogP contribution in [0.2, 0.25) is 0 Å². The van der Waals surface area contributed by atoms with Gasteiger partial charge in [-0.1, -0.05) is 12.1 Å². The minimum absolute atomic E-state index is 0.272. The largest absolute Gasteiger partial charge is 0.353 e. The third kappa shape index (κ3) is 3.07. The molecular weight excluding hydrogens is 343 g/mol. The molecule has 6 heteroatoms. The number of hydrogen-bond acceptors (Lipinski definition) is 5. The van der Waals surface area contributed by atoms with E-state index in [2.05, 4.69) is 22.0 Å². The van der Waals surface area contributed by atoms with Crippen LogP contribution in [0.4, 0.5) is 10.2 Å². The Labute approximate surface area is 158 Å². The zero-order valence-corrected chi connectivity index (χ0v) is 16.3. The van der Waals surface area contributed by atoms with E-state index in [9.17, 15) is 4.39 Å². The molecule has 0 saturated carbocycles. The maximum atomic E-state index is 14.9. The summed E-state index contributed by atoms with van der Waals surface area (Å²) in [6, 6.07) is 3.95. The number of nitrogens with zero attached hydrogens (tertiary/aromatic N) is 4. The third-order valence-electron chi connectivity index (χ3n) is 5.57. The van der Waals surface area contributed by atoms with Gasteiger partial charge in [-0.2, -0.15) is 4.98 Å². The van der Waals surface area contributed by atoms with Crippen LogP contribution in [-0.2, 0) is 6.42 Å². The highest BCUT2D eigenvalue weighted by atomic mass is 19.1. The summed E-state index contributed by atoms with van der Waals surface area (Å²) < 4.78 is 20.4. The van der Waals surface area contributed by atoms with Gasteiger partial charge in [0.05, 0.1) is 5.56 Å². The van der Waals surface area contributed by atoms with Crippen molar-refractivity contribution in [2.24, 2.45) is 0 Å². The van der Waals surface area contributed by atoms with E-state index in [-0.39, 0.29) is 5.82 Å². The summed E-state index contributed by atoms with van der Waals surface area (Å²) in [6.45, 7) is 8.91. The van der Waals surface area contributed by atoms with Crippen LogP contribution < -0.4 is 4.90 Å². The predicted octanol–water partition coefficient (Wildman–Crippen LogP) is 4.98. The molecule has 2 aromatic heterocycles. The zero-order chi connectivity index (χ0) is 19.1. The van der Waals surface area contributed by atoms with Crippen molar-refractivity contribution in [2.75, 3.05) is 11.4 Å². The van der Waals surface area contributed by atoms with Gasteiger partial charge in [0, 0.05) is 18.0 Å². The minimum Gasteiger partial charge on any atom is -0.353 e. The summed E-state index contributed by atoms with van der Waals surface area (Å²) in [6.07, 6.45) is 4.17. The highest BCUT2D eigenvalue weighted by molar-refractivity contribution is 5.93. The highest BCUT2D eigenvalue weighted by Crippen LogP contribution is 2.39. The van der Waals surface area contributed by atoms with E-state index in [1.807, 2.05) is 19.9 Å². The Morgan fingerprint density at radius 3 is 2.70 bits per heavy atom. The number of rotatable bonds is 3. The van der Waals surface area contributed by atoms with E-state index >= 15 is 0 Å². The molecule has 0 N–H and O–H groups in total. The number of anilines is 1. The molecule has 1 aliphatic heterocycles. The van der Waals surface area contributed by atoms with Crippen LogP contribution in [-0.4, -0.2) is 27.7 Å². The van der Waals surface area contributed by atoms with Crippen molar-refractivity contribution in [3.05, 3.63) is 34.9 Å². The molecule has 0 bridgehead atoms. The highest BCUT2D eigenvalue weighted by Gasteiger charge is 2.28. The second kappa shape index (κ2) is 6.91. The fraction of sp³-hybridized carbons (Fsp3) is 0.476. The molecule has 1 aliphatic rings. The van der Waals surface area contributed by atoms with E-state index < -0.39 is 0 Å². The van der Waals surface area contributed by atoms with Crippen LogP contribution in [0.25, 0.3) is 22.4 Å². The summed E-state index contributed by atoms with van der Waals surface area (Å²) in [5.74, 6) is 1.51. The lowest BCUT2D eigenvalue weighted by Crippen LogP contribution is -2.38. The molecule has 0 aliphatic carbocycles. The molecule has 0 amide bonds. The van der Waals surface area contributed by atoms with Crippen LogP contribution in [0.1, 0.15) is 50.1 Å². The molecule has 4 rings (SSSR count). The summed E-state index contributed by atoms with van der Waals surface area (Å²) in [4.78, 5) is 11.5. The normalized spacial score (nSPS) is 17.7. The van der Waals surface area contributed by atoms with Crippen LogP contribution in [0.15, 0.2) is 16.7 Å². The lowest BCUT2D eigenvalue weighted by atomic mass is 9.98. The number of fused-ring (bicyclic) bond motifs is 1. The van der Waals surface area contributed by atoms with Crippen molar-refractivity contribution < 1.29 is 8.91 Å². The minimum atomic E-state index is -0.272. The quantitative estimate of drug-likeness (QED) is 0.652. The Morgan fingerprint density at radius 2 is 2.04 bits per heavy atom. The molecule has 0 radical (unpaired) electrons. The molecule has 3 aromatic rings. The standard InChI is InChI=1S/C21H25FN4O/c1-5-15-10-16-13(3)18(21-23-14(4)25-27-21)20(24-19(16)17(22)11-15)26-9-7-6-8-12(26)2/h10-12H,5-9H2,1-4H3. The maximum Gasteiger partial charge on any atom is 0.261 e. The van der Waals surface area contributed by atoms with E-state index in [4.69, 9.17) is 9.51 Å². The van der Waals surface area contributed by atoms with Gasteiger partial charge in [0.25, 0.3) is 5.89 Å². The van der Waals surface area contributed by atoms with Crippen molar-refractivity contribution in [1.82, 2.24) is 15.1 Å². The van der Waals surface area contributed by atoms with E-state index in [1.54, 1.807) is 13.0 Å². The average Bonchev–Trinajstić information content (AvgIpc) is 3.08. The van der Waals surface area contributed by atoms with Crippen LogP contribution in [0, 0.1) is 19.7 Å². The van der Waals surface area contributed by atoms with Gasteiger partial charge in [-0.15, -0.1) is 0 Å². The van der Waals surface area contributed by atoms with Gasteiger partial charge in [0.1, 0.15) is 17.2 Å². The van der Waals surface area contributed by atoms with Crippen molar-refractivity contribution >= 4 is 16.7 Å². The second-order valence-electron chi connectivity index (χ2n) is 7.45. The van der Waals surface area contributed by atoms with Gasteiger partial charge in [0.2, 0.25) is 0 Å². The Kier molecular flexibility index (Phi) is 4.58. The number of aromatic nitrogens is 3. The summed E-state index contributed by atoms with van der Waals surface area (Å²) >= 11 is 0. The Balaban J connectivity index is 2.03. The SMILES string of the molecule is CCc1cc(F)c2nc(N3CCCCC3C)c(-c3nc(C)no3)c(C)c2c1. The molecule has 1 saturated heterocycles. The number of pyridine rings is 1. The number of aryl methyl sites for hydroxylation is 3. The van der Waals surface area contributed by atoms with E-state index in [0.29, 0.717) is 23.3 Å². The topological polar surface area (TPSA) is 55.1 Å². The Morgan fingerprint density at radius 1 is 1.22 bits per heavy atom. The first-order chi connectivity index (χ1) is 13.0. The predicted molar refractivity (Wildman–Crippen MR) is 105 cm³/mol. The first-order valence-corrected chi connectivity index (χ1v) is 9.69. The maximum absolute atomic E-state index is 14.9. The summed E-state index contributed by atoms with van der Waals surface area (Å²) in [5, 5.41) is 4.78. The first-order valence-electron chi connectivity index (χ1n) is 9.69. The Bertz CT molecular complexity index is 998. The number of halogens is 1. The molecule has 1 unspecified atom stereocenters. The van der Waals surface area contributed by atoms with Crippen LogP contribution in [0.5, 0.6) is 0 Å². The van der Waals surface area contributed by atoms with E-state index in [0.717, 1.165) is 53.7 Å². The van der Waals surface area contributed by atoms with Gasteiger partial charge in [-0.25, -0.2) is 9.37 Å². The molecule has 3 heterocycles. The number of benzene rings is 1. The molecule has 142 valence electrons. The molecule has 1 fully saturated rings. The third-order valence-corrected chi connectivity index (χ3v) is 5.57. The van der Waals surface area contributed by atoms with Crippen molar-refractivity contribution in [1.29, 1.82) is 0 Å². The summed E-state index contributed by atoms with van der Waals surface area (Å²) in [7, 11) is 0. The lowest BCUT2D eigenvalue weighted by Gasteiger charge is -2.35. The van der Waals surface area contributed by atoms with Gasteiger partial charge in [0.15, 0.2) is 5.82 Å². The number of piperidine rings is 1. The molecule has 1 atom stereocenters. The zero-order valence-electron chi connectivity index (χ0n) is 16.3. The molecule has 5 nitrogen and oxygen atoms in total. The van der Waals surface area contributed by atoms with Gasteiger partial charge < -0.3 is 9.42 Å². The van der Waals surface area contributed by atoms with Gasteiger partial charge >= 0.3 is 0 Å². The van der Waals surface area contributed by atoms with Crippen molar-refractivity contribution in [2.45, 2.75) is 59.4 Å². The van der Waals surface area contributed by atoms with Crippen LogP contribution in [0.3, 0.4) is 0 Å². The van der Waals surface area contributed by atoms with Crippen LogP contribution >= 0.6 is 0 Å². The molecule has 0 spiro atoms. The molecular formula is C21H25FN4O. The fourth-order valence-electron chi connectivity index (χ4n) is 4.00. The van der Waals surface area contributed by atoms with Gasteiger partial charge in [-0.05, 0) is 69.7 Å². The molecule has 27 heavy (non-hydrogen) atoms. The second-order valence-corrected chi connectivity index (χ2v) is 7.45. The smallest absolute Gasteiger partial charge is 0.261 e. The van der Waals surface area contributed by atoms with Gasteiger partial charge in [-0.3, -0.25) is 0 Å². The van der Waals surface area contributed by atoms with E-state index in [1.165, 1.54) is 6.42 Å².